The number of likely N-dealkylation sites (N-methyl/N-ethyl adjacent to an activating group) is 1. The number of nitrogen functional groups attached to an aromatic ring is 2. The van der Waals surface area contributed by atoms with Gasteiger partial charge in [0.25, 0.3) is 5.91 Å². The molecule has 1 aliphatic carbocycles. The van der Waals surface area contributed by atoms with Crippen LogP contribution in [0.25, 0.3) is 0 Å². The molecular formula is C24H23FN4O2. The zero-order valence-corrected chi connectivity index (χ0v) is 17.1. The molecule has 0 aliphatic heterocycles. The summed E-state index contributed by atoms with van der Waals surface area (Å²) in [6, 6.07) is 16.3. The topological polar surface area (TPSA) is 103 Å². The number of nitrogens with one attached hydrogen (secondary N) is 1. The molecule has 0 saturated heterocycles. The van der Waals surface area contributed by atoms with E-state index in [0.717, 1.165) is 18.4 Å². The van der Waals surface area contributed by atoms with E-state index in [1.165, 1.54) is 12.1 Å². The van der Waals surface area contributed by atoms with Gasteiger partial charge >= 0.3 is 0 Å². The SMILES string of the molecule is CNC(=O)C(=Nc1ccc(Oc2ccc(F)cc2)cc1)c1cc(C2CC2)c(N)cc1N. The molecule has 1 amide bonds. The Balaban J connectivity index is 1.64. The van der Waals surface area contributed by atoms with Gasteiger partial charge < -0.3 is 21.5 Å². The summed E-state index contributed by atoms with van der Waals surface area (Å²) in [5.74, 6) is 0.824. The first-order chi connectivity index (χ1) is 14.9. The molecule has 3 aromatic rings. The van der Waals surface area contributed by atoms with Gasteiger partial charge in [0, 0.05) is 24.0 Å². The fraction of sp³-hybridized carbons (Fsp3) is 0.167. The third-order valence-corrected chi connectivity index (χ3v) is 5.10. The molecule has 31 heavy (non-hydrogen) atoms. The number of hydrogen-bond acceptors (Lipinski definition) is 5. The number of amides is 1. The van der Waals surface area contributed by atoms with Crippen LogP contribution in [-0.2, 0) is 4.79 Å². The molecule has 158 valence electrons. The second kappa shape index (κ2) is 8.47. The number of anilines is 2. The summed E-state index contributed by atoms with van der Waals surface area (Å²) in [6.07, 6.45) is 2.16. The molecule has 7 heteroatoms. The molecule has 6 nitrogen and oxygen atoms in total. The Hall–Kier alpha value is -3.87. The van der Waals surface area contributed by atoms with Crippen LogP contribution in [0.5, 0.6) is 11.5 Å². The average Bonchev–Trinajstić information content (AvgIpc) is 3.60. The molecule has 0 aromatic heterocycles. The van der Waals surface area contributed by atoms with E-state index in [-0.39, 0.29) is 17.4 Å². The van der Waals surface area contributed by atoms with Gasteiger partial charge in [-0.15, -0.1) is 0 Å². The van der Waals surface area contributed by atoms with Gasteiger partial charge in [0.1, 0.15) is 23.0 Å². The van der Waals surface area contributed by atoms with E-state index in [2.05, 4.69) is 10.3 Å². The maximum absolute atomic E-state index is 13.0. The van der Waals surface area contributed by atoms with Gasteiger partial charge in [-0.2, -0.15) is 0 Å². The molecule has 0 spiro atoms. The van der Waals surface area contributed by atoms with Gasteiger partial charge in [0.05, 0.1) is 5.69 Å². The van der Waals surface area contributed by atoms with Crippen molar-refractivity contribution in [2.75, 3.05) is 18.5 Å². The summed E-state index contributed by atoms with van der Waals surface area (Å²) >= 11 is 0. The van der Waals surface area contributed by atoms with Crippen LogP contribution in [0, 0.1) is 5.82 Å². The Labute approximate surface area is 179 Å². The minimum absolute atomic E-state index is 0.217. The van der Waals surface area contributed by atoms with E-state index in [4.69, 9.17) is 16.2 Å². The summed E-state index contributed by atoms with van der Waals surface area (Å²) in [4.78, 5) is 17.2. The Bertz CT molecular complexity index is 1140. The van der Waals surface area contributed by atoms with Crippen molar-refractivity contribution in [1.29, 1.82) is 0 Å². The second-order valence-electron chi connectivity index (χ2n) is 7.43. The fourth-order valence-corrected chi connectivity index (χ4v) is 3.31. The van der Waals surface area contributed by atoms with E-state index in [0.29, 0.717) is 40.0 Å². The predicted molar refractivity (Wildman–Crippen MR) is 120 cm³/mol. The zero-order valence-electron chi connectivity index (χ0n) is 17.1. The molecule has 3 aromatic carbocycles. The lowest BCUT2D eigenvalue weighted by atomic mass is 9.99. The van der Waals surface area contributed by atoms with Gasteiger partial charge in [-0.3, -0.25) is 4.79 Å². The monoisotopic (exact) mass is 418 g/mol. The van der Waals surface area contributed by atoms with E-state index < -0.39 is 0 Å². The molecule has 1 aliphatic rings. The van der Waals surface area contributed by atoms with E-state index in [9.17, 15) is 9.18 Å². The molecule has 4 rings (SSSR count). The third-order valence-electron chi connectivity index (χ3n) is 5.10. The molecule has 5 N–H and O–H groups in total. The van der Waals surface area contributed by atoms with Gasteiger partial charge in [-0.25, -0.2) is 9.38 Å². The highest BCUT2D eigenvalue weighted by atomic mass is 19.1. The first-order valence-corrected chi connectivity index (χ1v) is 9.98. The lowest BCUT2D eigenvalue weighted by Crippen LogP contribution is -2.29. The fourth-order valence-electron chi connectivity index (χ4n) is 3.31. The third kappa shape index (κ3) is 4.66. The lowest BCUT2D eigenvalue weighted by Gasteiger charge is -2.13. The summed E-state index contributed by atoms with van der Waals surface area (Å²) in [5, 5.41) is 2.63. The van der Waals surface area contributed by atoms with E-state index >= 15 is 0 Å². The second-order valence-corrected chi connectivity index (χ2v) is 7.43. The summed E-state index contributed by atoms with van der Waals surface area (Å²) in [7, 11) is 1.55. The molecule has 1 saturated carbocycles. The quantitative estimate of drug-likeness (QED) is 0.404. The van der Waals surface area contributed by atoms with Gasteiger partial charge in [0.15, 0.2) is 0 Å². The highest BCUT2D eigenvalue weighted by molar-refractivity contribution is 6.46. The van der Waals surface area contributed by atoms with Crippen LogP contribution in [0.15, 0.2) is 65.7 Å². The van der Waals surface area contributed by atoms with Crippen molar-refractivity contribution in [3.8, 4) is 11.5 Å². The van der Waals surface area contributed by atoms with Crippen molar-refractivity contribution in [2.24, 2.45) is 4.99 Å². The van der Waals surface area contributed by atoms with Gasteiger partial charge in [-0.1, -0.05) is 0 Å². The van der Waals surface area contributed by atoms with Crippen molar-refractivity contribution in [2.45, 2.75) is 18.8 Å². The number of aliphatic imine (C=N–C) groups is 1. The number of hydrogen-bond donors (Lipinski definition) is 3. The van der Waals surface area contributed by atoms with Crippen molar-refractivity contribution >= 4 is 28.7 Å². The maximum atomic E-state index is 13.0. The maximum Gasteiger partial charge on any atom is 0.270 e. The molecule has 0 bridgehead atoms. The normalized spacial score (nSPS) is 13.7. The number of benzene rings is 3. The first kappa shape index (κ1) is 20.4. The largest absolute Gasteiger partial charge is 0.457 e. The lowest BCUT2D eigenvalue weighted by molar-refractivity contribution is -0.114. The van der Waals surface area contributed by atoms with Crippen LogP contribution in [0.1, 0.15) is 29.9 Å². The minimum Gasteiger partial charge on any atom is -0.457 e. The number of halogens is 1. The molecule has 0 unspecified atom stereocenters. The molecule has 1 fully saturated rings. The molecule has 0 heterocycles. The Morgan fingerprint density at radius 1 is 1.00 bits per heavy atom. The smallest absolute Gasteiger partial charge is 0.270 e. The average molecular weight is 418 g/mol. The van der Waals surface area contributed by atoms with Crippen molar-refractivity contribution in [1.82, 2.24) is 5.32 Å². The zero-order chi connectivity index (χ0) is 22.0. The Kier molecular flexibility index (Phi) is 5.58. The molecule has 0 atom stereocenters. The first-order valence-electron chi connectivity index (χ1n) is 9.98. The van der Waals surface area contributed by atoms with Crippen molar-refractivity contribution in [3.05, 3.63) is 77.6 Å². The number of nitrogens with zero attached hydrogens (tertiary/aromatic N) is 1. The standard InChI is InChI=1S/C24H23FN4O2/c1-28-24(30)23(20-12-19(14-2-3-14)21(26)13-22(20)27)29-16-6-10-18(11-7-16)31-17-8-4-15(25)5-9-17/h4-14H,2-3,26-27H2,1H3,(H,28,30). The summed E-state index contributed by atoms with van der Waals surface area (Å²) in [5.41, 5.74) is 15.7. The number of carbonyl (C=O) groups excluding carboxylic acids is 1. The van der Waals surface area contributed by atoms with Gasteiger partial charge in [-0.05, 0) is 85.0 Å². The van der Waals surface area contributed by atoms with Crippen LogP contribution in [0.3, 0.4) is 0 Å². The highest BCUT2D eigenvalue weighted by Crippen LogP contribution is 2.44. The number of ether oxygens (including phenoxy) is 1. The van der Waals surface area contributed by atoms with Crippen LogP contribution in [0.2, 0.25) is 0 Å². The predicted octanol–water partition coefficient (Wildman–Crippen LogP) is 4.53. The Morgan fingerprint density at radius 3 is 2.19 bits per heavy atom. The van der Waals surface area contributed by atoms with Crippen LogP contribution in [0.4, 0.5) is 21.5 Å². The number of rotatable bonds is 6. The highest BCUT2D eigenvalue weighted by Gasteiger charge is 2.28. The van der Waals surface area contributed by atoms with E-state index in [1.807, 2.05) is 6.07 Å². The summed E-state index contributed by atoms with van der Waals surface area (Å²) < 4.78 is 18.7. The molecule has 0 radical (unpaired) electrons. The van der Waals surface area contributed by atoms with Crippen LogP contribution < -0.4 is 21.5 Å². The minimum atomic E-state index is -0.343. The van der Waals surface area contributed by atoms with Crippen LogP contribution >= 0.6 is 0 Å². The number of nitrogens with two attached hydrogens (primary N) is 2. The van der Waals surface area contributed by atoms with Crippen molar-refractivity contribution < 1.29 is 13.9 Å². The van der Waals surface area contributed by atoms with Crippen molar-refractivity contribution in [3.63, 3.8) is 0 Å². The van der Waals surface area contributed by atoms with Gasteiger partial charge in [0.2, 0.25) is 0 Å². The Morgan fingerprint density at radius 2 is 1.61 bits per heavy atom. The molecular weight excluding hydrogens is 395 g/mol. The van der Waals surface area contributed by atoms with Crippen LogP contribution in [-0.4, -0.2) is 18.7 Å². The summed E-state index contributed by atoms with van der Waals surface area (Å²) in [6.45, 7) is 0. The number of carbonyl (C=O) groups is 1. The van der Waals surface area contributed by atoms with E-state index in [1.54, 1.807) is 49.5 Å².